The fraction of sp³-hybridized carbons (Fsp3) is 0. The first kappa shape index (κ1) is 25.4. The second-order valence-corrected chi connectivity index (χ2v) is 11.3. The number of nitrogens with zero attached hydrogens (tertiary/aromatic N) is 3. The lowest BCUT2D eigenvalue weighted by Crippen LogP contribution is -2.10. The highest BCUT2D eigenvalue weighted by molar-refractivity contribution is 6.09. The van der Waals surface area contributed by atoms with Crippen LogP contribution in [-0.2, 0) is 0 Å². The van der Waals surface area contributed by atoms with Gasteiger partial charge in [-0.25, -0.2) is 0 Å². The van der Waals surface area contributed by atoms with E-state index in [1.54, 1.807) is 6.20 Å². The topological polar surface area (TPSA) is 34.2 Å². The van der Waals surface area contributed by atoms with Crippen molar-refractivity contribution in [3.05, 3.63) is 164 Å². The molecule has 0 fully saturated rings. The molecule has 0 spiro atoms. The second-order valence-electron chi connectivity index (χ2n) is 11.3. The van der Waals surface area contributed by atoms with Gasteiger partial charge in [0.1, 0.15) is 5.58 Å². The van der Waals surface area contributed by atoms with Gasteiger partial charge in [-0.1, -0.05) is 84.9 Å². The first-order chi connectivity index (χ1) is 22.3. The molecule has 6 aromatic carbocycles. The van der Waals surface area contributed by atoms with Crippen LogP contribution in [0.25, 0.3) is 60.6 Å². The molecular formula is C41H27N3O. The quantitative estimate of drug-likeness (QED) is 0.204. The van der Waals surface area contributed by atoms with Crippen LogP contribution in [0.5, 0.6) is 0 Å². The van der Waals surface area contributed by atoms with E-state index in [0.717, 1.165) is 44.7 Å². The van der Waals surface area contributed by atoms with Crippen LogP contribution in [-0.4, -0.2) is 9.55 Å². The molecule has 9 rings (SSSR count). The van der Waals surface area contributed by atoms with Gasteiger partial charge in [0.05, 0.1) is 17.2 Å². The van der Waals surface area contributed by atoms with Gasteiger partial charge in [0.25, 0.3) is 0 Å². The Kier molecular flexibility index (Phi) is 5.78. The summed E-state index contributed by atoms with van der Waals surface area (Å²) in [6.45, 7) is 0. The molecule has 9 aromatic rings. The van der Waals surface area contributed by atoms with Crippen molar-refractivity contribution in [3.8, 4) is 16.8 Å². The van der Waals surface area contributed by atoms with Crippen LogP contribution in [0.4, 0.5) is 17.1 Å². The molecule has 0 bridgehead atoms. The number of pyridine rings is 1. The summed E-state index contributed by atoms with van der Waals surface area (Å²) in [6, 6.07) is 53.8. The zero-order valence-corrected chi connectivity index (χ0v) is 24.3. The first-order valence-corrected chi connectivity index (χ1v) is 15.1. The van der Waals surface area contributed by atoms with Crippen molar-refractivity contribution < 1.29 is 4.42 Å². The summed E-state index contributed by atoms with van der Waals surface area (Å²) in [5.41, 5.74) is 10.7. The molecule has 0 amide bonds. The Hall–Kier alpha value is -6.13. The van der Waals surface area contributed by atoms with Gasteiger partial charge >= 0.3 is 0 Å². The van der Waals surface area contributed by atoms with E-state index in [-0.39, 0.29) is 0 Å². The number of para-hydroxylation sites is 2. The molecule has 0 aliphatic heterocycles. The van der Waals surface area contributed by atoms with Crippen molar-refractivity contribution in [2.75, 3.05) is 4.90 Å². The van der Waals surface area contributed by atoms with Gasteiger partial charge in [-0.15, -0.1) is 0 Å². The lowest BCUT2D eigenvalue weighted by molar-refractivity contribution is 0.667. The monoisotopic (exact) mass is 577 g/mol. The van der Waals surface area contributed by atoms with Crippen molar-refractivity contribution in [3.63, 3.8) is 0 Å². The molecule has 0 aliphatic rings. The molecular weight excluding hydrogens is 550 g/mol. The number of aromatic nitrogens is 2. The number of furan rings is 1. The zero-order valence-electron chi connectivity index (χ0n) is 24.3. The van der Waals surface area contributed by atoms with Gasteiger partial charge in [0, 0.05) is 50.5 Å². The molecule has 3 heterocycles. The summed E-state index contributed by atoms with van der Waals surface area (Å²) in [4.78, 5) is 6.59. The molecule has 4 nitrogen and oxygen atoms in total. The molecule has 0 atom stereocenters. The molecule has 0 aliphatic carbocycles. The molecule has 3 aromatic heterocycles. The van der Waals surface area contributed by atoms with Crippen molar-refractivity contribution in [1.29, 1.82) is 0 Å². The van der Waals surface area contributed by atoms with Crippen LogP contribution in [0.15, 0.2) is 168 Å². The number of fused-ring (bicyclic) bond motifs is 6. The van der Waals surface area contributed by atoms with Gasteiger partial charge in [-0.3, -0.25) is 4.98 Å². The fourth-order valence-electron chi connectivity index (χ4n) is 6.61. The number of rotatable bonds is 5. The van der Waals surface area contributed by atoms with Gasteiger partial charge in [0.15, 0.2) is 5.58 Å². The summed E-state index contributed by atoms with van der Waals surface area (Å²) < 4.78 is 8.49. The molecule has 45 heavy (non-hydrogen) atoms. The average molecular weight is 578 g/mol. The van der Waals surface area contributed by atoms with Crippen LogP contribution in [0.3, 0.4) is 0 Å². The predicted octanol–water partition coefficient (Wildman–Crippen LogP) is 11.2. The summed E-state index contributed by atoms with van der Waals surface area (Å²) in [7, 11) is 0. The van der Waals surface area contributed by atoms with E-state index >= 15 is 0 Å². The minimum absolute atomic E-state index is 0.789. The van der Waals surface area contributed by atoms with Gasteiger partial charge in [-0.05, 0) is 77.9 Å². The van der Waals surface area contributed by atoms with Crippen LogP contribution in [0, 0.1) is 0 Å². The predicted molar refractivity (Wildman–Crippen MR) is 186 cm³/mol. The van der Waals surface area contributed by atoms with Crippen LogP contribution in [0.2, 0.25) is 0 Å². The Labute approximate surface area is 260 Å². The number of hydrogen-bond acceptors (Lipinski definition) is 3. The third kappa shape index (κ3) is 4.19. The minimum atomic E-state index is 0.789. The molecule has 0 N–H and O–H groups in total. The standard InChI is InChI=1S/C41H27N3O/c1-2-9-28(10-3-1)29-17-19-30(20-18-29)43(33-21-22-40-37(26-33)36-23-24-42-27-41(36)45-40)31-11-8-12-32(25-31)44-38-15-6-4-13-34(38)35-14-5-7-16-39(35)44/h1-27H. The van der Waals surface area contributed by atoms with E-state index in [9.17, 15) is 0 Å². The Morgan fingerprint density at radius 3 is 1.91 bits per heavy atom. The average Bonchev–Trinajstić information content (AvgIpc) is 3.65. The van der Waals surface area contributed by atoms with Crippen LogP contribution >= 0.6 is 0 Å². The van der Waals surface area contributed by atoms with Gasteiger partial charge in [0.2, 0.25) is 0 Å². The summed E-state index contributed by atoms with van der Waals surface area (Å²) in [6.07, 6.45) is 3.60. The first-order valence-electron chi connectivity index (χ1n) is 15.1. The Balaban J connectivity index is 1.24. The van der Waals surface area contributed by atoms with Gasteiger partial charge in [-0.2, -0.15) is 0 Å². The van der Waals surface area contributed by atoms with E-state index < -0.39 is 0 Å². The Morgan fingerprint density at radius 2 is 1.13 bits per heavy atom. The zero-order chi connectivity index (χ0) is 29.7. The highest BCUT2D eigenvalue weighted by atomic mass is 16.3. The second kappa shape index (κ2) is 10.2. The van der Waals surface area contributed by atoms with Crippen molar-refractivity contribution in [2.45, 2.75) is 0 Å². The smallest absolute Gasteiger partial charge is 0.153 e. The molecule has 0 saturated carbocycles. The van der Waals surface area contributed by atoms with Crippen LogP contribution < -0.4 is 4.90 Å². The van der Waals surface area contributed by atoms with Crippen molar-refractivity contribution in [2.24, 2.45) is 0 Å². The lowest BCUT2D eigenvalue weighted by Gasteiger charge is -2.26. The highest BCUT2D eigenvalue weighted by Gasteiger charge is 2.18. The third-order valence-electron chi connectivity index (χ3n) is 8.67. The summed E-state index contributed by atoms with van der Waals surface area (Å²) in [5.74, 6) is 0. The van der Waals surface area contributed by atoms with E-state index in [1.807, 2.05) is 12.3 Å². The summed E-state index contributed by atoms with van der Waals surface area (Å²) >= 11 is 0. The number of hydrogen-bond donors (Lipinski definition) is 0. The third-order valence-corrected chi connectivity index (χ3v) is 8.67. The molecule has 4 heteroatoms. The maximum atomic E-state index is 6.13. The number of anilines is 3. The lowest BCUT2D eigenvalue weighted by atomic mass is 10.0. The van der Waals surface area contributed by atoms with E-state index in [4.69, 9.17) is 4.42 Å². The minimum Gasteiger partial charge on any atom is -0.454 e. The van der Waals surface area contributed by atoms with Crippen molar-refractivity contribution in [1.82, 2.24) is 9.55 Å². The highest BCUT2D eigenvalue weighted by Crippen LogP contribution is 2.40. The van der Waals surface area contributed by atoms with Gasteiger partial charge < -0.3 is 13.9 Å². The molecule has 0 unspecified atom stereocenters. The van der Waals surface area contributed by atoms with Crippen molar-refractivity contribution >= 4 is 60.8 Å². The van der Waals surface area contributed by atoms with E-state index in [1.165, 1.54) is 32.9 Å². The Morgan fingerprint density at radius 1 is 0.467 bits per heavy atom. The normalized spacial score (nSPS) is 11.6. The SMILES string of the molecule is c1ccc(-c2ccc(N(c3cccc(-n4c5ccccc5c5ccccc54)c3)c3ccc4oc5cnccc5c4c3)cc2)cc1. The van der Waals surface area contributed by atoms with E-state index in [2.05, 4.69) is 160 Å². The number of benzene rings is 6. The maximum Gasteiger partial charge on any atom is 0.153 e. The van der Waals surface area contributed by atoms with Crippen LogP contribution in [0.1, 0.15) is 0 Å². The fourth-order valence-corrected chi connectivity index (χ4v) is 6.61. The Bertz CT molecular complexity index is 2440. The largest absolute Gasteiger partial charge is 0.454 e. The molecule has 212 valence electrons. The molecule has 0 saturated heterocycles. The van der Waals surface area contributed by atoms with E-state index in [0.29, 0.717) is 0 Å². The summed E-state index contributed by atoms with van der Waals surface area (Å²) in [5, 5.41) is 4.62. The molecule has 0 radical (unpaired) electrons. The maximum absolute atomic E-state index is 6.13.